The van der Waals surface area contributed by atoms with Crippen molar-refractivity contribution in [2.24, 2.45) is 0 Å². The standard InChI is InChI=1S/C41H83N2O6P/c1-6-8-9-10-11-12-13-14-15-16-17-18-19-20-21-22-23-24-25-26-27-28-29-30-31-32-33-34-35-40(44)39(42-41(45)7-2)38-49-50(46,47)48-37-36-43(3,4)5/h34-35,39-40,44H,6-33,36-38H2,1-5H3,(H-,42,45,46,47)/p+1/b35-34+. The van der Waals surface area contributed by atoms with E-state index < -0.39 is 20.0 Å². The van der Waals surface area contributed by atoms with Crippen molar-refractivity contribution in [2.75, 3.05) is 40.9 Å². The normalized spacial score (nSPS) is 14.6. The number of phosphoric ester groups is 1. The van der Waals surface area contributed by atoms with Crippen LogP contribution in [-0.2, 0) is 18.4 Å². The molecule has 0 aromatic heterocycles. The molecule has 3 N–H and O–H groups in total. The van der Waals surface area contributed by atoms with Crippen LogP contribution < -0.4 is 5.32 Å². The van der Waals surface area contributed by atoms with Crippen molar-refractivity contribution in [1.29, 1.82) is 0 Å². The number of allylic oxidation sites excluding steroid dienone is 1. The van der Waals surface area contributed by atoms with E-state index in [1.54, 1.807) is 13.0 Å². The van der Waals surface area contributed by atoms with E-state index in [4.69, 9.17) is 9.05 Å². The first-order valence-corrected chi connectivity index (χ1v) is 22.6. The van der Waals surface area contributed by atoms with Gasteiger partial charge in [0.05, 0.1) is 39.9 Å². The minimum Gasteiger partial charge on any atom is -0.387 e. The van der Waals surface area contributed by atoms with Gasteiger partial charge in [-0.05, 0) is 12.8 Å². The highest BCUT2D eigenvalue weighted by atomic mass is 31.2. The molecule has 0 fully saturated rings. The summed E-state index contributed by atoms with van der Waals surface area (Å²) in [5.41, 5.74) is 0. The Kier molecular flexibility index (Phi) is 33.5. The second kappa shape index (κ2) is 34.0. The summed E-state index contributed by atoms with van der Waals surface area (Å²) in [7, 11) is 1.57. The van der Waals surface area contributed by atoms with Gasteiger partial charge < -0.3 is 19.8 Å². The number of aliphatic hydroxyl groups excluding tert-OH is 1. The summed E-state index contributed by atoms with van der Waals surface area (Å²) < 4.78 is 23.0. The van der Waals surface area contributed by atoms with Crippen molar-refractivity contribution in [2.45, 2.75) is 206 Å². The van der Waals surface area contributed by atoms with Gasteiger partial charge in [0.25, 0.3) is 0 Å². The van der Waals surface area contributed by atoms with Gasteiger partial charge >= 0.3 is 7.82 Å². The maximum Gasteiger partial charge on any atom is 0.472 e. The van der Waals surface area contributed by atoms with Crippen LogP contribution in [0.3, 0.4) is 0 Å². The molecule has 0 aromatic rings. The van der Waals surface area contributed by atoms with Crippen LogP contribution in [0.4, 0.5) is 0 Å². The van der Waals surface area contributed by atoms with E-state index in [-0.39, 0.29) is 25.5 Å². The summed E-state index contributed by atoms with van der Waals surface area (Å²) in [4.78, 5) is 22.0. The predicted octanol–water partition coefficient (Wildman–Crippen LogP) is 11.2. The second-order valence-corrected chi connectivity index (χ2v) is 17.1. The number of carbonyl (C=O) groups is 1. The number of phosphoric acid groups is 1. The molecule has 0 rings (SSSR count). The average molecular weight is 732 g/mol. The lowest BCUT2D eigenvalue weighted by atomic mass is 10.0. The first kappa shape index (κ1) is 49.2. The molecule has 0 radical (unpaired) electrons. The van der Waals surface area contributed by atoms with Gasteiger partial charge in [0, 0.05) is 6.42 Å². The van der Waals surface area contributed by atoms with Crippen molar-refractivity contribution >= 4 is 13.7 Å². The van der Waals surface area contributed by atoms with Crippen LogP contribution >= 0.6 is 7.82 Å². The van der Waals surface area contributed by atoms with Gasteiger partial charge in [0.1, 0.15) is 13.2 Å². The Hall–Kier alpha value is -0.760. The van der Waals surface area contributed by atoms with Gasteiger partial charge in [0.2, 0.25) is 5.91 Å². The molecule has 3 unspecified atom stereocenters. The molecule has 1 amide bonds. The van der Waals surface area contributed by atoms with Crippen molar-refractivity contribution in [3.05, 3.63) is 12.2 Å². The van der Waals surface area contributed by atoms with E-state index in [2.05, 4.69) is 12.2 Å². The minimum atomic E-state index is -4.29. The molecule has 3 atom stereocenters. The SMILES string of the molecule is CCCCCCCCCCCCCCCCCCCCCCCCCCCC/C=C/C(O)C(COP(=O)(O)OCC[N+](C)(C)C)NC(=O)CC. The van der Waals surface area contributed by atoms with E-state index in [9.17, 15) is 19.4 Å². The largest absolute Gasteiger partial charge is 0.472 e. The fraction of sp³-hybridized carbons (Fsp3) is 0.927. The molecule has 0 aliphatic carbocycles. The van der Waals surface area contributed by atoms with Crippen LogP contribution in [0.5, 0.6) is 0 Å². The summed E-state index contributed by atoms with van der Waals surface area (Å²) in [5, 5.41) is 13.3. The molecular weight excluding hydrogens is 647 g/mol. The third-order valence-electron chi connectivity index (χ3n) is 9.57. The quantitative estimate of drug-likeness (QED) is 0.0253. The number of rotatable bonds is 38. The van der Waals surface area contributed by atoms with Gasteiger partial charge in [-0.2, -0.15) is 0 Å². The lowest BCUT2D eigenvalue weighted by Crippen LogP contribution is -2.45. The van der Waals surface area contributed by atoms with E-state index >= 15 is 0 Å². The van der Waals surface area contributed by atoms with Gasteiger partial charge in [-0.1, -0.05) is 187 Å². The van der Waals surface area contributed by atoms with E-state index in [0.29, 0.717) is 11.0 Å². The number of amides is 1. The molecule has 0 saturated heterocycles. The Morgan fingerprint density at radius 2 is 1.04 bits per heavy atom. The van der Waals surface area contributed by atoms with Crippen molar-refractivity contribution in [3.8, 4) is 0 Å². The van der Waals surface area contributed by atoms with Crippen LogP contribution in [0.1, 0.15) is 194 Å². The Morgan fingerprint density at radius 1 is 0.660 bits per heavy atom. The monoisotopic (exact) mass is 732 g/mol. The molecule has 8 nitrogen and oxygen atoms in total. The van der Waals surface area contributed by atoms with Gasteiger partial charge in [-0.25, -0.2) is 4.57 Å². The zero-order chi connectivity index (χ0) is 37.2. The number of likely N-dealkylation sites (N-methyl/N-ethyl adjacent to an activating group) is 1. The van der Waals surface area contributed by atoms with Crippen LogP contribution in [0, 0.1) is 0 Å². The van der Waals surface area contributed by atoms with E-state index in [1.165, 1.54) is 154 Å². The molecule has 0 aromatic carbocycles. The summed E-state index contributed by atoms with van der Waals surface area (Å²) in [6, 6.07) is -0.838. The predicted molar refractivity (Wildman–Crippen MR) is 212 cm³/mol. The fourth-order valence-corrected chi connectivity index (χ4v) is 6.86. The molecule has 0 aliphatic heterocycles. The number of unbranched alkanes of at least 4 members (excludes halogenated alkanes) is 26. The zero-order valence-electron chi connectivity index (χ0n) is 33.7. The Bertz CT molecular complexity index is 834. The molecule has 0 bridgehead atoms. The fourth-order valence-electron chi connectivity index (χ4n) is 6.12. The van der Waals surface area contributed by atoms with Gasteiger partial charge in [-0.3, -0.25) is 13.8 Å². The summed E-state index contributed by atoms with van der Waals surface area (Å²) in [6.45, 7) is 4.28. The van der Waals surface area contributed by atoms with E-state index in [0.717, 1.165) is 19.3 Å². The topological polar surface area (TPSA) is 105 Å². The smallest absolute Gasteiger partial charge is 0.387 e. The number of quaternary nitrogens is 1. The molecule has 0 aliphatic rings. The lowest BCUT2D eigenvalue weighted by molar-refractivity contribution is -0.870. The molecule has 0 heterocycles. The highest BCUT2D eigenvalue weighted by molar-refractivity contribution is 7.47. The maximum absolute atomic E-state index is 12.3. The molecular formula is C41H84N2O6P+. The van der Waals surface area contributed by atoms with Crippen molar-refractivity contribution < 1.29 is 32.9 Å². The highest BCUT2D eigenvalue weighted by Gasteiger charge is 2.27. The van der Waals surface area contributed by atoms with Crippen LogP contribution in [-0.4, -0.2) is 73.4 Å². The highest BCUT2D eigenvalue weighted by Crippen LogP contribution is 2.43. The molecule has 298 valence electrons. The number of hydrogen-bond donors (Lipinski definition) is 3. The summed E-state index contributed by atoms with van der Waals surface area (Å²) in [6.07, 6.45) is 39.6. The van der Waals surface area contributed by atoms with Crippen LogP contribution in [0.2, 0.25) is 0 Å². The zero-order valence-corrected chi connectivity index (χ0v) is 34.5. The first-order chi connectivity index (χ1) is 24.0. The summed E-state index contributed by atoms with van der Waals surface area (Å²) in [5.74, 6) is -0.264. The number of hydrogen-bond acceptors (Lipinski definition) is 5. The van der Waals surface area contributed by atoms with Gasteiger partial charge in [0.15, 0.2) is 0 Å². The summed E-state index contributed by atoms with van der Waals surface area (Å²) >= 11 is 0. The number of nitrogens with one attached hydrogen (secondary N) is 1. The van der Waals surface area contributed by atoms with Crippen molar-refractivity contribution in [1.82, 2.24) is 5.32 Å². The number of aliphatic hydroxyl groups is 1. The molecule has 0 spiro atoms. The number of carbonyl (C=O) groups excluding carboxylic acids is 1. The second-order valence-electron chi connectivity index (χ2n) is 15.7. The maximum atomic E-state index is 12.3. The molecule has 0 saturated carbocycles. The Balaban J connectivity index is 3.70. The average Bonchev–Trinajstić information content (AvgIpc) is 3.06. The van der Waals surface area contributed by atoms with Crippen molar-refractivity contribution in [3.63, 3.8) is 0 Å². The molecule has 50 heavy (non-hydrogen) atoms. The Labute approximate surface area is 310 Å². The van der Waals surface area contributed by atoms with Crippen LogP contribution in [0.15, 0.2) is 12.2 Å². The minimum absolute atomic E-state index is 0.0609. The third-order valence-corrected chi connectivity index (χ3v) is 10.6. The van der Waals surface area contributed by atoms with Crippen LogP contribution in [0.25, 0.3) is 0 Å². The lowest BCUT2D eigenvalue weighted by Gasteiger charge is -2.25. The molecule has 9 heteroatoms. The third kappa shape index (κ3) is 35.6. The van der Waals surface area contributed by atoms with Gasteiger partial charge in [-0.15, -0.1) is 0 Å². The number of nitrogens with zero attached hydrogens (tertiary/aromatic N) is 1. The Morgan fingerprint density at radius 3 is 1.40 bits per heavy atom. The first-order valence-electron chi connectivity index (χ1n) is 21.1. The van der Waals surface area contributed by atoms with E-state index in [1.807, 2.05) is 27.2 Å².